The zero-order valence-corrected chi connectivity index (χ0v) is 16.7. The molecule has 0 spiro atoms. The lowest BCUT2D eigenvalue weighted by Crippen LogP contribution is -2.64. The first kappa shape index (κ1) is 21.1. The van der Waals surface area contributed by atoms with Gasteiger partial charge in [0.1, 0.15) is 23.7 Å². The van der Waals surface area contributed by atoms with Gasteiger partial charge >= 0.3 is 0 Å². The molecule has 164 valence electrons. The number of carbonyl (C=O) groups is 2. The maximum Gasteiger partial charge on any atom is 0.293 e. The molecule has 4 rings (SSSR count). The van der Waals surface area contributed by atoms with E-state index in [4.69, 9.17) is 33.2 Å². The molecule has 9 nitrogen and oxygen atoms in total. The van der Waals surface area contributed by atoms with Crippen molar-refractivity contribution in [2.45, 2.75) is 37.0 Å². The van der Waals surface area contributed by atoms with E-state index in [1.54, 1.807) is 31.4 Å². The molecule has 2 aromatic carbocycles. The predicted molar refractivity (Wildman–Crippen MR) is 104 cm³/mol. The Morgan fingerprint density at radius 2 is 1.55 bits per heavy atom. The van der Waals surface area contributed by atoms with Gasteiger partial charge in [0, 0.05) is 5.56 Å². The second-order valence-electron chi connectivity index (χ2n) is 6.91. The highest BCUT2D eigenvalue weighted by molar-refractivity contribution is 5.40. The third-order valence-corrected chi connectivity index (χ3v) is 5.09. The number of hydrogen-bond acceptors (Lipinski definition) is 9. The van der Waals surface area contributed by atoms with Gasteiger partial charge in [0.25, 0.3) is 12.9 Å². The number of benzene rings is 2. The number of fused-ring (bicyclic) bond motifs is 1. The van der Waals surface area contributed by atoms with Gasteiger partial charge in [0.05, 0.1) is 13.7 Å². The van der Waals surface area contributed by atoms with Crippen molar-refractivity contribution in [1.82, 2.24) is 0 Å². The third-order valence-electron chi connectivity index (χ3n) is 5.09. The zero-order valence-electron chi connectivity index (χ0n) is 16.7. The van der Waals surface area contributed by atoms with Crippen LogP contribution in [-0.4, -0.2) is 57.4 Å². The largest absolute Gasteiger partial charge is 0.497 e. The van der Waals surface area contributed by atoms with E-state index in [1.807, 2.05) is 30.3 Å². The van der Waals surface area contributed by atoms with Crippen molar-refractivity contribution in [2.24, 2.45) is 0 Å². The summed E-state index contributed by atoms with van der Waals surface area (Å²) < 4.78 is 39.4. The van der Waals surface area contributed by atoms with Crippen molar-refractivity contribution >= 4 is 12.9 Å². The highest BCUT2D eigenvalue weighted by atomic mass is 16.8. The van der Waals surface area contributed by atoms with Crippen molar-refractivity contribution in [1.29, 1.82) is 0 Å². The first-order chi connectivity index (χ1) is 15.2. The van der Waals surface area contributed by atoms with Gasteiger partial charge in [-0.1, -0.05) is 30.3 Å². The lowest BCUT2D eigenvalue weighted by atomic mass is 9.97. The summed E-state index contributed by atoms with van der Waals surface area (Å²) in [7, 11) is 1.56. The smallest absolute Gasteiger partial charge is 0.293 e. The first-order valence-electron chi connectivity index (χ1n) is 9.70. The SMILES string of the molecule is COc1ccc(O[C@@H]2O[C@@H]3CO[C@@H](c4ccccc4)O[C@H]3[C@H](OC=O)[C@H]2OC=O)cc1. The molecule has 31 heavy (non-hydrogen) atoms. The summed E-state index contributed by atoms with van der Waals surface area (Å²) in [5.41, 5.74) is 0.801. The molecule has 0 saturated carbocycles. The van der Waals surface area contributed by atoms with E-state index in [1.165, 1.54) is 0 Å². The minimum absolute atomic E-state index is 0.166. The Kier molecular flexibility index (Phi) is 6.66. The molecule has 2 aromatic rings. The quantitative estimate of drug-likeness (QED) is 0.582. The van der Waals surface area contributed by atoms with E-state index in [0.717, 1.165) is 5.56 Å². The summed E-state index contributed by atoms with van der Waals surface area (Å²) in [4.78, 5) is 22.4. The Labute approximate surface area is 178 Å². The number of hydrogen-bond donors (Lipinski definition) is 0. The molecule has 0 aliphatic carbocycles. The Balaban J connectivity index is 1.56. The molecule has 0 bridgehead atoms. The molecule has 6 atom stereocenters. The fraction of sp³-hybridized carbons (Fsp3) is 0.364. The van der Waals surface area contributed by atoms with Gasteiger partial charge in [-0.25, -0.2) is 0 Å². The minimum Gasteiger partial charge on any atom is -0.497 e. The van der Waals surface area contributed by atoms with Crippen LogP contribution in [0, 0.1) is 0 Å². The van der Waals surface area contributed by atoms with Gasteiger partial charge in [-0.15, -0.1) is 0 Å². The van der Waals surface area contributed by atoms with Crippen LogP contribution in [0.1, 0.15) is 11.9 Å². The molecule has 0 unspecified atom stereocenters. The van der Waals surface area contributed by atoms with Crippen LogP contribution in [0.3, 0.4) is 0 Å². The van der Waals surface area contributed by atoms with Crippen LogP contribution in [0.2, 0.25) is 0 Å². The number of ether oxygens (including phenoxy) is 7. The van der Waals surface area contributed by atoms with Crippen LogP contribution in [0.15, 0.2) is 54.6 Å². The predicted octanol–water partition coefficient (Wildman–Crippen LogP) is 2.00. The third kappa shape index (κ3) is 4.63. The monoisotopic (exact) mass is 430 g/mol. The Hall–Kier alpha value is -3.14. The van der Waals surface area contributed by atoms with Crippen LogP contribution >= 0.6 is 0 Å². The second kappa shape index (κ2) is 9.78. The van der Waals surface area contributed by atoms with Crippen LogP contribution in [0.25, 0.3) is 0 Å². The summed E-state index contributed by atoms with van der Waals surface area (Å²) in [6, 6.07) is 16.1. The van der Waals surface area contributed by atoms with Crippen LogP contribution < -0.4 is 9.47 Å². The van der Waals surface area contributed by atoms with E-state index in [-0.39, 0.29) is 19.6 Å². The van der Waals surface area contributed by atoms with E-state index >= 15 is 0 Å². The number of carbonyl (C=O) groups excluding carboxylic acids is 2. The lowest BCUT2D eigenvalue weighted by Gasteiger charge is -2.47. The van der Waals surface area contributed by atoms with E-state index in [2.05, 4.69) is 0 Å². The van der Waals surface area contributed by atoms with E-state index < -0.39 is 37.0 Å². The molecule has 2 fully saturated rings. The number of methoxy groups -OCH3 is 1. The normalized spacial score (nSPS) is 29.8. The standard InChI is InChI=1S/C22H22O9/c1-25-15-7-9-16(10-8-15)29-22-20(28-13-24)19(27-12-23)18-17(30-22)11-26-21(31-18)14-5-3-2-4-6-14/h2-10,12-13,17-22H,11H2,1H3/t17-,18-,19+,20-,21-,22-/m1/s1. The molecule has 2 aliphatic heterocycles. The Bertz CT molecular complexity index is 857. The minimum atomic E-state index is -1.06. The summed E-state index contributed by atoms with van der Waals surface area (Å²) in [5.74, 6) is 1.11. The van der Waals surface area contributed by atoms with Crippen molar-refractivity contribution < 1.29 is 42.7 Å². The Morgan fingerprint density at radius 3 is 2.23 bits per heavy atom. The average Bonchev–Trinajstić information content (AvgIpc) is 2.82. The zero-order chi connectivity index (χ0) is 21.6. The molecular weight excluding hydrogens is 408 g/mol. The van der Waals surface area contributed by atoms with Crippen molar-refractivity contribution in [3.63, 3.8) is 0 Å². The van der Waals surface area contributed by atoms with Crippen molar-refractivity contribution in [3.8, 4) is 11.5 Å². The fourth-order valence-electron chi connectivity index (χ4n) is 3.64. The molecule has 2 aliphatic rings. The molecule has 0 radical (unpaired) electrons. The van der Waals surface area contributed by atoms with Gasteiger partial charge in [0.15, 0.2) is 12.4 Å². The molecule has 2 heterocycles. The highest BCUT2D eigenvalue weighted by Gasteiger charge is 2.53. The topological polar surface area (TPSA) is 98.8 Å². The van der Waals surface area contributed by atoms with Crippen molar-refractivity contribution in [2.75, 3.05) is 13.7 Å². The van der Waals surface area contributed by atoms with Crippen LogP contribution in [0.5, 0.6) is 11.5 Å². The summed E-state index contributed by atoms with van der Waals surface area (Å²) in [6.45, 7) is 0.710. The molecular formula is C22H22O9. The average molecular weight is 430 g/mol. The van der Waals surface area contributed by atoms with Gasteiger partial charge in [-0.3, -0.25) is 9.59 Å². The van der Waals surface area contributed by atoms with E-state index in [0.29, 0.717) is 11.5 Å². The van der Waals surface area contributed by atoms with Gasteiger partial charge in [-0.05, 0) is 24.3 Å². The molecule has 9 heteroatoms. The maximum atomic E-state index is 11.2. The fourth-order valence-corrected chi connectivity index (χ4v) is 3.64. The summed E-state index contributed by atoms with van der Waals surface area (Å²) in [5, 5.41) is 0. The molecule has 2 saturated heterocycles. The van der Waals surface area contributed by atoms with Crippen LogP contribution in [0.4, 0.5) is 0 Å². The van der Waals surface area contributed by atoms with E-state index in [9.17, 15) is 9.59 Å². The summed E-state index contributed by atoms with van der Waals surface area (Å²) >= 11 is 0. The molecule has 0 amide bonds. The van der Waals surface area contributed by atoms with Gasteiger partial charge in [0.2, 0.25) is 12.4 Å². The Morgan fingerprint density at radius 1 is 0.871 bits per heavy atom. The lowest BCUT2D eigenvalue weighted by molar-refractivity contribution is -0.349. The first-order valence-corrected chi connectivity index (χ1v) is 9.70. The molecule has 0 aromatic heterocycles. The van der Waals surface area contributed by atoms with Crippen LogP contribution in [-0.2, 0) is 33.3 Å². The molecule has 0 N–H and O–H groups in total. The summed E-state index contributed by atoms with van der Waals surface area (Å²) in [6.07, 6.45) is -5.09. The second-order valence-corrected chi connectivity index (χ2v) is 6.91. The van der Waals surface area contributed by atoms with Gasteiger partial charge < -0.3 is 33.2 Å². The highest BCUT2D eigenvalue weighted by Crippen LogP contribution is 2.36. The van der Waals surface area contributed by atoms with Gasteiger partial charge in [-0.2, -0.15) is 0 Å². The number of rotatable bonds is 8. The van der Waals surface area contributed by atoms with Crippen molar-refractivity contribution in [3.05, 3.63) is 60.2 Å². The maximum absolute atomic E-state index is 11.2.